The van der Waals surface area contributed by atoms with Gasteiger partial charge >= 0.3 is 0 Å². The summed E-state index contributed by atoms with van der Waals surface area (Å²) in [5, 5.41) is 5.75. The Balaban J connectivity index is 2.14. The summed E-state index contributed by atoms with van der Waals surface area (Å²) in [4.78, 5) is 12.2. The molecule has 2 aromatic carbocycles. The molecule has 0 aromatic heterocycles. The smallest absolute Gasteiger partial charge is 0.255 e. The average molecular weight is 301 g/mol. The van der Waals surface area contributed by atoms with Crippen molar-refractivity contribution in [2.45, 2.75) is 0 Å². The highest BCUT2D eigenvalue weighted by molar-refractivity contribution is 7.80. The van der Waals surface area contributed by atoms with E-state index < -0.39 is 0 Å². The molecule has 0 radical (unpaired) electrons. The molecule has 0 spiro atoms. The summed E-state index contributed by atoms with van der Waals surface area (Å²) in [6, 6.07) is 14.1. The minimum atomic E-state index is -0.227. The number of carbonyl (C=O) groups excluding carboxylic acids is 1. The van der Waals surface area contributed by atoms with Crippen molar-refractivity contribution < 1.29 is 9.53 Å². The fraction of sp³-hybridized carbons (Fsp3) is 0.0667. The molecule has 4 N–H and O–H groups in total. The first kappa shape index (κ1) is 14.8. The lowest BCUT2D eigenvalue weighted by molar-refractivity contribution is 0.102. The highest BCUT2D eigenvalue weighted by Crippen LogP contribution is 2.18. The minimum absolute atomic E-state index is 0.153. The van der Waals surface area contributed by atoms with E-state index >= 15 is 0 Å². The van der Waals surface area contributed by atoms with Crippen LogP contribution in [0.3, 0.4) is 0 Å². The van der Waals surface area contributed by atoms with Gasteiger partial charge in [0.05, 0.1) is 7.11 Å². The molecule has 6 heteroatoms. The summed E-state index contributed by atoms with van der Waals surface area (Å²) < 4.78 is 5.12. The van der Waals surface area contributed by atoms with Gasteiger partial charge in [0.25, 0.3) is 5.91 Å². The lowest BCUT2D eigenvalue weighted by atomic mass is 10.2. The average Bonchev–Trinajstić information content (AvgIpc) is 2.47. The number of carbonyl (C=O) groups is 1. The lowest BCUT2D eigenvalue weighted by Crippen LogP contribution is -2.19. The molecule has 2 rings (SSSR count). The zero-order valence-corrected chi connectivity index (χ0v) is 12.2. The van der Waals surface area contributed by atoms with E-state index in [0.717, 1.165) is 0 Å². The Hall–Kier alpha value is -2.60. The molecule has 2 aromatic rings. The van der Waals surface area contributed by atoms with E-state index in [4.69, 9.17) is 22.7 Å². The summed E-state index contributed by atoms with van der Waals surface area (Å²) >= 11 is 4.77. The van der Waals surface area contributed by atoms with Crippen molar-refractivity contribution in [1.29, 1.82) is 0 Å². The van der Waals surface area contributed by atoms with Crippen LogP contribution in [0, 0.1) is 0 Å². The van der Waals surface area contributed by atoms with Crippen LogP contribution in [-0.2, 0) is 0 Å². The van der Waals surface area contributed by atoms with Crippen molar-refractivity contribution in [3.63, 3.8) is 0 Å². The SMILES string of the molecule is COc1cccc(NC(=O)c2cccc(NC(N)=S)c2)c1. The lowest BCUT2D eigenvalue weighted by Gasteiger charge is -2.09. The van der Waals surface area contributed by atoms with E-state index in [1.165, 1.54) is 0 Å². The summed E-state index contributed by atoms with van der Waals surface area (Å²) in [7, 11) is 1.58. The highest BCUT2D eigenvalue weighted by Gasteiger charge is 2.07. The number of ether oxygens (including phenoxy) is 1. The Morgan fingerprint density at radius 2 is 1.76 bits per heavy atom. The van der Waals surface area contributed by atoms with Crippen molar-refractivity contribution in [3.8, 4) is 5.75 Å². The molecule has 108 valence electrons. The van der Waals surface area contributed by atoms with Crippen molar-refractivity contribution >= 4 is 34.6 Å². The maximum absolute atomic E-state index is 12.2. The molecule has 0 atom stereocenters. The van der Waals surface area contributed by atoms with Crippen LogP contribution in [0.25, 0.3) is 0 Å². The van der Waals surface area contributed by atoms with Gasteiger partial charge in [-0.15, -0.1) is 0 Å². The molecule has 0 heterocycles. The molecule has 0 fully saturated rings. The van der Waals surface area contributed by atoms with E-state index in [0.29, 0.717) is 22.7 Å². The second-order valence-corrected chi connectivity index (χ2v) is 4.70. The van der Waals surface area contributed by atoms with Gasteiger partial charge in [0.1, 0.15) is 5.75 Å². The Bertz CT molecular complexity index is 673. The predicted molar refractivity (Wildman–Crippen MR) is 87.8 cm³/mol. The van der Waals surface area contributed by atoms with Gasteiger partial charge in [0.2, 0.25) is 0 Å². The number of hydrogen-bond acceptors (Lipinski definition) is 3. The minimum Gasteiger partial charge on any atom is -0.497 e. The molecule has 0 aliphatic carbocycles. The van der Waals surface area contributed by atoms with Gasteiger partial charge in [-0.1, -0.05) is 12.1 Å². The van der Waals surface area contributed by atoms with Crippen LogP contribution in [-0.4, -0.2) is 18.1 Å². The number of thiocarbonyl (C=S) groups is 1. The summed E-state index contributed by atoms with van der Waals surface area (Å²) in [5.74, 6) is 0.451. The van der Waals surface area contributed by atoms with Gasteiger partial charge in [-0.05, 0) is 42.5 Å². The van der Waals surface area contributed by atoms with E-state index in [2.05, 4.69) is 10.6 Å². The summed E-state index contributed by atoms with van der Waals surface area (Å²) in [5.41, 5.74) is 7.24. The topological polar surface area (TPSA) is 76.4 Å². The highest BCUT2D eigenvalue weighted by atomic mass is 32.1. The van der Waals surface area contributed by atoms with E-state index in [1.54, 1.807) is 49.6 Å². The normalized spacial score (nSPS) is 9.76. The van der Waals surface area contributed by atoms with Crippen molar-refractivity contribution in [3.05, 3.63) is 54.1 Å². The van der Waals surface area contributed by atoms with Gasteiger partial charge in [-0.3, -0.25) is 4.79 Å². The van der Waals surface area contributed by atoms with E-state index in [-0.39, 0.29) is 11.0 Å². The first-order valence-electron chi connectivity index (χ1n) is 6.20. The predicted octanol–water partition coefficient (Wildman–Crippen LogP) is 2.60. The molecule has 0 aliphatic heterocycles. The van der Waals surface area contributed by atoms with Crippen molar-refractivity contribution in [2.24, 2.45) is 5.73 Å². The van der Waals surface area contributed by atoms with Crippen LogP contribution in [0.5, 0.6) is 5.75 Å². The second-order valence-electron chi connectivity index (χ2n) is 4.26. The molecule has 0 unspecified atom stereocenters. The van der Waals surface area contributed by atoms with Crippen LogP contribution in [0.4, 0.5) is 11.4 Å². The van der Waals surface area contributed by atoms with Crippen LogP contribution in [0.15, 0.2) is 48.5 Å². The molecule has 21 heavy (non-hydrogen) atoms. The van der Waals surface area contributed by atoms with E-state index in [9.17, 15) is 4.79 Å². The van der Waals surface area contributed by atoms with Crippen molar-refractivity contribution in [1.82, 2.24) is 0 Å². The van der Waals surface area contributed by atoms with Gasteiger partial charge in [-0.25, -0.2) is 0 Å². The molecular formula is C15H15N3O2S. The number of hydrogen-bond donors (Lipinski definition) is 3. The van der Waals surface area contributed by atoms with E-state index in [1.807, 2.05) is 6.07 Å². The third-order valence-electron chi connectivity index (χ3n) is 2.72. The number of nitrogens with one attached hydrogen (secondary N) is 2. The Morgan fingerprint density at radius 1 is 1.10 bits per heavy atom. The Morgan fingerprint density at radius 3 is 2.43 bits per heavy atom. The first-order valence-corrected chi connectivity index (χ1v) is 6.61. The molecule has 5 nitrogen and oxygen atoms in total. The number of nitrogens with two attached hydrogens (primary N) is 1. The number of methoxy groups -OCH3 is 1. The van der Waals surface area contributed by atoms with Gasteiger partial charge < -0.3 is 21.1 Å². The number of amides is 1. The zero-order chi connectivity index (χ0) is 15.2. The number of benzene rings is 2. The second kappa shape index (κ2) is 6.71. The molecule has 1 amide bonds. The molecule has 0 saturated heterocycles. The van der Waals surface area contributed by atoms with Crippen molar-refractivity contribution in [2.75, 3.05) is 17.7 Å². The third-order valence-corrected chi connectivity index (χ3v) is 2.82. The van der Waals surface area contributed by atoms with Crippen LogP contribution >= 0.6 is 12.2 Å². The quantitative estimate of drug-likeness (QED) is 0.757. The molecular weight excluding hydrogens is 286 g/mol. The van der Waals surface area contributed by atoms with Gasteiger partial charge in [-0.2, -0.15) is 0 Å². The monoisotopic (exact) mass is 301 g/mol. The van der Waals surface area contributed by atoms with Gasteiger partial charge in [0.15, 0.2) is 5.11 Å². The number of rotatable bonds is 4. The third kappa shape index (κ3) is 4.19. The molecule has 0 bridgehead atoms. The maximum Gasteiger partial charge on any atom is 0.255 e. The zero-order valence-electron chi connectivity index (χ0n) is 11.4. The fourth-order valence-corrected chi connectivity index (χ4v) is 1.90. The van der Waals surface area contributed by atoms with Gasteiger partial charge in [0, 0.05) is 23.0 Å². The number of anilines is 2. The summed E-state index contributed by atoms with van der Waals surface area (Å²) in [6.07, 6.45) is 0. The molecule has 0 saturated carbocycles. The standard InChI is InChI=1S/C15H15N3O2S/c1-20-13-7-3-6-12(9-13)17-14(19)10-4-2-5-11(8-10)18-15(16)21/h2-9H,1H3,(H,17,19)(H3,16,18,21). The van der Waals surface area contributed by atoms with Crippen LogP contribution in [0.2, 0.25) is 0 Å². The fourth-order valence-electron chi connectivity index (χ4n) is 1.78. The first-order chi connectivity index (χ1) is 10.1. The van der Waals surface area contributed by atoms with Crippen LogP contribution < -0.4 is 21.1 Å². The summed E-state index contributed by atoms with van der Waals surface area (Å²) in [6.45, 7) is 0. The maximum atomic E-state index is 12.2. The Kier molecular flexibility index (Phi) is 4.73. The largest absolute Gasteiger partial charge is 0.497 e. The Labute approximate surface area is 128 Å². The van der Waals surface area contributed by atoms with Crippen LogP contribution in [0.1, 0.15) is 10.4 Å². The molecule has 0 aliphatic rings.